The van der Waals surface area contributed by atoms with Crippen molar-refractivity contribution >= 4 is 56.7 Å². The number of amidine groups is 1. The maximum Gasteiger partial charge on any atom is 0.326 e. The zero-order chi connectivity index (χ0) is 34.0. The van der Waals surface area contributed by atoms with E-state index in [1.54, 1.807) is 11.1 Å². The number of hydrogen-bond donors (Lipinski definition) is 0. The molecule has 0 bridgehead atoms. The van der Waals surface area contributed by atoms with Crippen LogP contribution in [0.25, 0.3) is 0 Å². The van der Waals surface area contributed by atoms with E-state index in [0.717, 1.165) is 11.1 Å². The number of rotatable bonds is 10. The third kappa shape index (κ3) is 7.27. The highest BCUT2D eigenvalue weighted by Crippen LogP contribution is 2.54. The number of urea groups is 1. The van der Waals surface area contributed by atoms with Crippen molar-refractivity contribution < 1.29 is 17.9 Å². The van der Waals surface area contributed by atoms with Crippen LogP contribution in [-0.4, -0.2) is 103 Å². The van der Waals surface area contributed by atoms with E-state index in [-0.39, 0.29) is 11.8 Å². The molecule has 2 amide bonds. The van der Waals surface area contributed by atoms with Crippen LogP contribution in [0.3, 0.4) is 0 Å². The number of piperazine rings is 1. The molecule has 0 aliphatic carbocycles. The van der Waals surface area contributed by atoms with Gasteiger partial charge >= 0.3 is 6.03 Å². The minimum Gasteiger partial charge on any atom is -0.477 e. The molecule has 5 rings (SSSR count). The molecule has 1 saturated heterocycles. The molecule has 2 atom stereocenters. The van der Waals surface area contributed by atoms with Gasteiger partial charge in [-0.25, -0.2) is 18.2 Å². The standard InChI is InChI=1S/C33H40Cl2N6O4S2/c1-6-45-29-27(22-36-30(37-29)46-4)28-38-32(2,23-8-12-25(34)13-9-23)33(3,24-10-14-26(35)15-11-24)41(28)31(42)40-19-17-39(18-20-40)16-7-21-47(5,43)44/h8-15,22H,6-7,16-21H2,1-5H3. The molecule has 2 unspecified atom stereocenters. The Kier molecular flexibility index (Phi) is 10.8. The molecule has 0 N–H and O–H groups in total. The highest BCUT2D eigenvalue weighted by atomic mass is 35.5. The summed E-state index contributed by atoms with van der Waals surface area (Å²) in [4.78, 5) is 35.4. The zero-order valence-corrected chi connectivity index (χ0v) is 30.4. The molecule has 3 heterocycles. The molecule has 252 valence electrons. The molecule has 3 aromatic rings. The summed E-state index contributed by atoms with van der Waals surface area (Å²) in [6, 6.07) is 14.8. The molecule has 2 aliphatic heterocycles. The van der Waals surface area contributed by atoms with Gasteiger partial charge in [0.1, 0.15) is 26.8 Å². The average Bonchev–Trinajstić information content (AvgIpc) is 3.29. The van der Waals surface area contributed by atoms with Crippen LogP contribution in [0.1, 0.15) is 43.9 Å². The van der Waals surface area contributed by atoms with Crippen LogP contribution in [0.4, 0.5) is 4.79 Å². The Morgan fingerprint density at radius 3 is 2.13 bits per heavy atom. The summed E-state index contributed by atoms with van der Waals surface area (Å²) in [5.74, 6) is 0.886. The Bertz CT molecular complexity index is 1730. The molecule has 2 aliphatic rings. The molecule has 47 heavy (non-hydrogen) atoms. The summed E-state index contributed by atoms with van der Waals surface area (Å²) in [5.41, 5.74) is 0.167. The first-order chi connectivity index (χ1) is 22.3. The number of halogens is 2. The molecule has 14 heteroatoms. The lowest BCUT2D eigenvalue weighted by Crippen LogP contribution is -2.60. The van der Waals surface area contributed by atoms with E-state index in [1.165, 1.54) is 18.0 Å². The number of carbonyl (C=O) groups is 1. The van der Waals surface area contributed by atoms with E-state index in [0.29, 0.717) is 78.2 Å². The van der Waals surface area contributed by atoms with Gasteiger partial charge in [0.25, 0.3) is 0 Å². The summed E-state index contributed by atoms with van der Waals surface area (Å²) in [7, 11) is -3.03. The van der Waals surface area contributed by atoms with Crippen molar-refractivity contribution in [1.82, 2.24) is 24.7 Å². The third-order valence-electron chi connectivity index (χ3n) is 9.01. The number of sulfone groups is 1. The Morgan fingerprint density at radius 2 is 1.57 bits per heavy atom. The number of benzene rings is 2. The lowest BCUT2D eigenvalue weighted by Gasteiger charge is -2.47. The van der Waals surface area contributed by atoms with Gasteiger partial charge in [-0.2, -0.15) is 4.98 Å². The first-order valence-electron chi connectivity index (χ1n) is 15.5. The second-order valence-electron chi connectivity index (χ2n) is 12.0. The molecule has 0 radical (unpaired) electrons. The van der Waals surface area contributed by atoms with Crippen LogP contribution in [0.5, 0.6) is 5.88 Å². The van der Waals surface area contributed by atoms with Crippen molar-refractivity contribution in [2.75, 3.05) is 57.6 Å². The fraction of sp³-hybridized carbons (Fsp3) is 0.455. The van der Waals surface area contributed by atoms with Gasteiger partial charge in [-0.15, -0.1) is 0 Å². The number of ether oxygens (including phenoxy) is 1. The molecule has 0 saturated carbocycles. The van der Waals surface area contributed by atoms with Gasteiger partial charge in [-0.05, 0) is 75.4 Å². The number of aromatic nitrogens is 2. The van der Waals surface area contributed by atoms with E-state index < -0.39 is 20.9 Å². The summed E-state index contributed by atoms with van der Waals surface area (Å²) in [6.07, 6.45) is 5.38. The quantitative estimate of drug-likeness (QED) is 0.187. The summed E-state index contributed by atoms with van der Waals surface area (Å²) in [5, 5.41) is 1.71. The normalized spacial score (nSPS) is 22.0. The third-order valence-corrected chi connectivity index (χ3v) is 11.1. The van der Waals surface area contributed by atoms with Gasteiger partial charge in [0.15, 0.2) is 5.16 Å². The monoisotopic (exact) mass is 718 g/mol. The van der Waals surface area contributed by atoms with Crippen molar-refractivity contribution in [1.29, 1.82) is 0 Å². The Hall–Kier alpha value is -2.90. The van der Waals surface area contributed by atoms with Crippen molar-refractivity contribution in [2.45, 2.75) is 43.4 Å². The molecule has 10 nitrogen and oxygen atoms in total. The van der Waals surface area contributed by atoms with Crippen LogP contribution < -0.4 is 4.74 Å². The molecule has 2 aromatic carbocycles. The molecule has 1 aromatic heterocycles. The predicted octanol–water partition coefficient (Wildman–Crippen LogP) is 5.97. The first-order valence-corrected chi connectivity index (χ1v) is 19.5. The summed E-state index contributed by atoms with van der Waals surface area (Å²) >= 11 is 14.1. The number of amides is 2. The predicted molar refractivity (Wildman–Crippen MR) is 189 cm³/mol. The fourth-order valence-electron chi connectivity index (χ4n) is 6.27. The number of aliphatic imine (C=N–C) groups is 1. The topological polar surface area (TPSA) is 108 Å². The van der Waals surface area contributed by atoms with E-state index >= 15 is 0 Å². The number of thioether (sulfide) groups is 1. The van der Waals surface area contributed by atoms with Crippen molar-refractivity contribution in [2.24, 2.45) is 4.99 Å². The second kappa shape index (κ2) is 14.3. The van der Waals surface area contributed by atoms with E-state index in [1.807, 2.05) is 80.5 Å². The minimum absolute atomic E-state index is 0.141. The van der Waals surface area contributed by atoms with Crippen molar-refractivity contribution in [3.05, 3.63) is 81.5 Å². The summed E-state index contributed by atoms with van der Waals surface area (Å²) in [6.45, 7) is 9.13. The number of nitrogens with zero attached hydrogens (tertiary/aromatic N) is 6. The first kappa shape index (κ1) is 35.4. The molecular formula is C33H40Cl2N6O4S2. The maximum absolute atomic E-state index is 15.0. The highest BCUT2D eigenvalue weighted by Gasteiger charge is 2.60. The van der Waals surface area contributed by atoms with E-state index in [2.05, 4.69) is 14.9 Å². The summed E-state index contributed by atoms with van der Waals surface area (Å²) < 4.78 is 29.4. The van der Waals surface area contributed by atoms with Crippen LogP contribution in [0.15, 0.2) is 64.9 Å². The van der Waals surface area contributed by atoms with Gasteiger partial charge in [-0.1, -0.05) is 59.2 Å². The van der Waals surface area contributed by atoms with Gasteiger partial charge in [-0.3, -0.25) is 14.8 Å². The van der Waals surface area contributed by atoms with Gasteiger partial charge in [0.2, 0.25) is 5.88 Å². The lowest BCUT2D eigenvalue weighted by atomic mass is 9.71. The van der Waals surface area contributed by atoms with E-state index in [9.17, 15) is 13.2 Å². The highest BCUT2D eigenvalue weighted by molar-refractivity contribution is 7.98. The van der Waals surface area contributed by atoms with Crippen molar-refractivity contribution in [3.8, 4) is 5.88 Å². The van der Waals surface area contributed by atoms with Crippen LogP contribution in [-0.2, 0) is 20.9 Å². The largest absolute Gasteiger partial charge is 0.477 e. The number of carbonyl (C=O) groups excluding carboxylic acids is 1. The van der Waals surface area contributed by atoms with Crippen LogP contribution >= 0.6 is 35.0 Å². The Labute approximate surface area is 291 Å². The fourth-order valence-corrected chi connectivity index (χ4v) is 7.51. The Balaban J connectivity index is 1.63. The SMILES string of the molecule is CCOc1nc(SC)ncc1C1=NC(C)(c2ccc(Cl)cc2)C(C)(c2ccc(Cl)cc2)N1C(=O)N1CCN(CCCS(C)(=O)=O)CC1. The van der Waals surface area contributed by atoms with Crippen LogP contribution in [0.2, 0.25) is 10.0 Å². The lowest BCUT2D eigenvalue weighted by molar-refractivity contribution is 0.0868. The molecular weight excluding hydrogens is 679 g/mol. The minimum atomic E-state index is -3.03. The average molecular weight is 720 g/mol. The smallest absolute Gasteiger partial charge is 0.326 e. The van der Waals surface area contributed by atoms with Gasteiger partial charge in [0, 0.05) is 48.7 Å². The number of hydrogen-bond acceptors (Lipinski definition) is 9. The van der Waals surface area contributed by atoms with Gasteiger partial charge < -0.3 is 9.64 Å². The molecule has 1 fully saturated rings. The van der Waals surface area contributed by atoms with Gasteiger partial charge in [0.05, 0.1) is 17.9 Å². The second-order valence-corrected chi connectivity index (χ2v) is 15.9. The Morgan fingerprint density at radius 1 is 0.979 bits per heavy atom. The van der Waals surface area contributed by atoms with Crippen molar-refractivity contribution in [3.63, 3.8) is 0 Å². The zero-order valence-electron chi connectivity index (χ0n) is 27.2. The van der Waals surface area contributed by atoms with Crippen LogP contribution in [0, 0.1) is 0 Å². The maximum atomic E-state index is 15.0. The molecule has 0 spiro atoms. The van der Waals surface area contributed by atoms with E-state index in [4.69, 9.17) is 32.9 Å².